The molecule has 3 N–H and O–H groups in total. The van der Waals surface area contributed by atoms with Crippen LogP contribution in [-0.2, 0) is 9.73 Å². The Morgan fingerprint density at radius 2 is 2.14 bits per heavy atom. The second-order valence-electron chi connectivity index (χ2n) is 5.41. The number of hydrogen-bond acceptors (Lipinski definition) is 5. The van der Waals surface area contributed by atoms with Crippen LogP contribution in [0.1, 0.15) is 23.2 Å². The predicted octanol–water partition coefficient (Wildman–Crippen LogP) is 1.07. The second kappa shape index (κ2) is 5.73. The van der Waals surface area contributed by atoms with Crippen molar-refractivity contribution in [3.8, 4) is 0 Å². The van der Waals surface area contributed by atoms with Crippen LogP contribution in [0.15, 0.2) is 16.5 Å². The number of carbonyl (C=O) groups excluding carboxylic acids is 1. The van der Waals surface area contributed by atoms with Crippen molar-refractivity contribution >= 4 is 26.7 Å². The van der Waals surface area contributed by atoms with Crippen LogP contribution in [-0.4, -0.2) is 43.6 Å². The molecule has 7 nitrogen and oxygen atoms in total. The lowest BCUT2D eigenvalue weighted by Crippen LogP contribution is -2.28. The van der Waals surface area contributed by atoms with Gasteiger partial charge in [0.1, 0.15) is 11.0 Å². The van der Waals surface area contributed by atoms with E-state index in [1.54, 1.807) is 0 Å². The monoisotopic (exact) mass is 325 g/mol. The molecule has 9 heteroatoms. The molecule has 0 saturated carbocycles. The Bertz CT molecular complexity index is 826. The maximum atomic E-state index is 13.8. The van der Waals surface area contributed by atoms with E-state index in [2.05, 4.69) is 19.8 Å². The Morgan fingerprint density at radius 3 is 2.82 bits per heavy atom. The lowest BCUT2D eigenvalue weighted by molar-refractivity contribution is 0.100. The van der Waals surface area contributed by atoms with Gasteiger partial charge in [0.2, 0.25) is 0 Å². The van der Waals surface area contributed by atoms with Crippen molar-refractivity contribution in [3.63, 3.8) is 0 Å². The molecule has 1 amide bonds. The van der Waals surface area contributed by atoms with Gasteiger partial charge in [-0.25, -0.2) is 8.60 Å². The molecular formula is C13H16FN5O2S. The minimum absolute atomic E-state index is 0.0302. The third kappa shape index (κ3) is 2.86. The molecule has 118 valence electrons. The lowest BCUT2D eigenvalue weighted by Gasteiger charge is -2.22. The van der Waals surface area contributed by atoms with E-state index in [0.29, 0.717) is 36.8 Å². The standard InChI is InChI=1S/C13H16FN5O2S/c14-10-5-9(6-11-12(10)17-19-16-11)13(20)18-22(21)3-1-8(7-15)2-4-22/h5-6,8H,1-4,7,15H2,(H,16,17,19). The number of nitrogens with one attached hydrogen (secondary N) is 1. The molecule has 0 spiro atoms. The van der Waals surface area contributed by atoms with Gasteiger partial charge < -0.3 is 5.73 Å². The second-order valence-corrected chi connectivity index (χ2v) is 7.95. The van der Waals surface area contributed by atoms with Crippen LogP contribution >= 0.6 is 0 Å². The highest BCUT2D eigenvalue weighted by atomic mass is 32.2. The number of halogens is 1. The summed E-state index contributed by atoms with van der Waals surface area (Å²) in [6.45, 7) is 0.553. The van der Waals surface area contributed by atoms with Crippen molar-refractivity contribution in [1.29, 1.82) is 0 Å². The summed E-state index contributed by atoms with van der Waals surface area (Å²) >= 11 is 0. The molecule has 1 saturated heterocycles. The van der Waals surface area contributed by atoms with Crippen LogP contribution in [0.4, 0.5) is 4.39 Å². The highest BCUT2D eigenvalue weighted by Crippen LogP contribution is 2.21. The Labute approximate surface area is 126 Å². The van der Waals surface area contributed by atoms with Crippen molar-refractivity contribution in [2.45, 2.75) is 12.8 Å². The average Bonchev–Trinajstić information content (AvgIpc) is 2.97. The molecule has 1 aromatic carbocycles. The van der Waals surface area contributed by atoms with Gasteiger partial charge in [-0.2, -0.15) is 19.8 Å². The number of benzene rings is 1. The van der Waals surface area contributed by atoms with Crippen molar-refractivity contribution in [1.82, 2.24) is 15.4 Å². The van der Waals surface area contributed by atoms with Gasteiger partial charge in [-0.15, -0.1) is 0 Å². The number of fused-ring (bicyclic) bond motifs is 1. The molecule has 1 aliphatic heterocycles. The van der Waals surface area contributed by atoms with E-state index in [9.17, 15) is 13.4 Å². The number of carbonyl (C=O) groups is 1. The molecule has 1 fully saturated rings. The van der Waals surface area contributed by atoms with E-state index in [0.717, 1.165) is 6.07 Å². The van der Waals surface area contributed by atoms with Gasteiger partial charge in [-0.1, -0.05) is 0 Å². The third-order valence-electron chi connectivity index (χ3n) is 3.90. The van der Waals surface area contributed by atoms with Gasteiger partial charge in [-0.3, -0.25) is 4.79 Å². The summed E-state index contributed by atoms with van der Waals surface area (Å²) in [5, 5.41) is 9.69. The number of rotatable bonds is 2. The van der Waals surface area contributed by atoms with Crippen molar-refractivity contribution in [3.05, 3.63) is 23.5 Å². The summed E-state index contributed by atoms with van der Waals surface area (Å²) in [7, 11) is -2.58. The van der Waals surface area contributed by atoms with Crippen LogP contribution in [0.2, 0.25) is 0 Å². The molecule has 22 heavy (non-hydrogen) atoms. The van der Waals surface area contributed by atoms with E-state index >= 15 is 0 Å². The topological polar surface area (TPSA) is 114 Å². The van der Waals surface area contributed by atoms with Gasteiger partial charge in [0.25, 0.3) is 5.91 Å². The van der Waals surface area contributed by atoms with E-state index in [-0.39, 0.29) is 16.6 Å². The average molecular weight is 325 g/mol. The van der Waals surface area contributed by atoms with Crippen LogP contribution in [0.3, 0.4) is 0 Å². The number of nitrogens with zero attached hydrogens (tertiary/aromatic N) is 3. The van der Waals surface area contributed by atoms with Crippen LogP contribution in [0, 0.1) is 11.7 Å². The molecule has 0 bridgehead atoms. The molecule has 2 aromatic rings. The molecule has 1 aliphatic rings. The molecule has 3 rings (SSSR count). The summed E-state index contributed by atoms with van der Waals surface area (Å²) in [6, 6.07) is 2.44. The quantitative estimate of drug-likeness (QED) is 0.857. The summed E-state index contributed by atoms with van der Waals surface area (Å²) in [6.07, 6.45) is 1.39. The van der Waals surface area contributed by atoms with Gasteiger partial charge in [0.05, 0.1) is 9.73 Å². The van der Waals surface area contributed by atoms with Gasteiger partial charge >= 0.3 is 0 Å². The van der Waals surface area contributed by atoms with Gasteiger partial charge in [0.15, 0.2) is 5.82 Å². The van der Waals surface area contributed by atoms with Crippen molar-refractivity contribution in [2.75, 3.05) is 18.1 Å². The first-order valence-electron chi connectivity index (χ1n) is 6.98. The first-order chi connectivity index (χ1) is 10.5. The zero-order valence-corrected chi connectivity index (χ0v) is 12.6. The molecular weight excluding hydrogens is 309 g/mol. The summed E-state index contributed by atoms with van der Waals surface area (Å²) < 4.78 is 30.3. The first kappa shape index (κ1) is 15.0. The Morgan fingerprint density at radius 1 is 1.41 bits per heavy atom. The number of aromatic nitrogens is 3. The van der Waals surface area contributed by atoms with E-state index in [1.165, 1.54) is 6.07 Å². The van der Waals surface area contributed by atoms with Crippen LogP contribution in [0.25, 0.3) is 11.0 Å². The zero-order chi connectivity index (χ0) is 15.7. The predicted molar refractivity (Wildman–Crippen MR) is 80.3 cm³/mol. The third-order valence-corrected chi connectivity index (χ3v) is 6.14. The zero-order valence-electron chi connectivity index (χ0n) is 11.8. The fourth-order valence-corrected chi connectivity index (χ4v) is 4.71. The largest absolute Gasteiger partial charge is 0.330 e. The van der Waals surface area contributed by atoms with Gasteiger partial charge in [-0.05, 0) is 37.4 Å². The van der Waals surface area contributed by atoms with Crippen molar-refractivity contribution < 1.29 is 13.4 Å². The molecule has 0 aliphatic carbocycles. The number of hydrogen-bond donors (Lipinski definition) is 2. The lowest BCUT2D eigenvalue weighted by atomic mass is 10.0. The maximum absolute atomic E-state index is 13.8. The number of aromatic amines is 1. The fraction of sp³-hybridized carbons (Fsp3) is 0.462. The molecule has 1 aromatic heterocycles. The Balaban J connectivity index is 1.89. The van der Waals surface area contributed by atoms with Crippen LogP contribution in [0.5, 0.6) is 0 Å². The van der Waals surface area contributed by atoms with E-state index in [4.69, 9.17) is 5.73 Å². The fourth-order valence-electron chi connectivity index (χ4n) is 2.51. The van der Waals surface area contributed by atoms with Gasteiger partial charge in [0, 0.05) is 17.1 Å². The van der Waals surface area contributed by atoms with Crippen LogP contribution < -0.4 is 5.73 Å². The maximum Gasteiger partial charge on any atom is 0.285 e. The minimum Gasteiger partial charge on any atom is -0.330 e. The van der Waals surface area contributed by atoms with E-state index < -0.39 is 21.5 Å². The van der Waals surface area contributed by atoms with E-state index in [1.807, 2.05) is 0 Å². The number of H-pyrrole nitrogens is 1. The Hall–Kier alpha value is -1.87. The minimum atomic E-state index is -2.58. The highest BCUT2D eigenvalue weighted by molar-refractivity contribution is 7.93. The SMILES string of the molecule is NCC1CCS(=O)(=NC(=O)c2cc(F)c3n[nH]nc3c2)CC1. The number of amides is 1. The van der Waals surface area contributed by atoms with Crippen molar-refractivity contribution in [2.24, 2.45) is 16.0 Å². The Kier molecular flexibility index (Phi) is 3.92. The normalized spacial score (nSPS) is 25.3. The highest BCUT2D eigenvalue weighted by Gasteiger charge is 2.23. The summed E-state index contributed by atoms with van der Waals surface area (Å²) in [4.78, 5) is 12.2. The summed E-state index contributed by atoms with van der Waals surface area (Å²) in [5.41, 5.74) is 5.92. The molecule has 0 unspecified atom stereocenters. The molecule has 0 radical (unpaired) electrons. The first-order valence-corrected chi connectivity index (χ1v) is 8.83. The summed E-state index contributed by atoms with van der Waals surface area (Å²) in [5.74, 6) is -0.291. The smallest absolute Gasteiger partial charge is 0.285 e. The number of nitrogens with two attached hydrogens (primary N) is 1. The molecule has 0 atom stereocenters. The molecule has 2 heterocycles.